The summed E-state index contributed by atoms with van der Waals surface area (Å²) in [6.07, 6.45) is -1.80. The zero-order valence-electron chi connectivity index (χ0n) is 15.7. The molecule has 0 saturated carbocycles. The van der Waals surface area contributed by atoms with Gasteiger partial charge in [-0.15, -0.1) is 0 Å². The Morgan fingerprint density at radius 1 is 0.867 bits per heavy atom. The van der Waals surface area contributed by atoms with Gasteiger partial charge in [0.2, 0.25) is 17.7 Å². The van der Waals surface area contributed by atoms with Gasteiger partial charge < -0.3 is 47.2 Å². The summed E-state index contributed by atoms with van der Waals surface area (Å²) in [6, 6.07) is -2.11. The van der Waals surface area contributed by atoms with Crippen LogP contribution in [0.1, 0.15) is 25.7 Å². The Morgan fingerprint density at radius 3 is 1.73 bits per heavy atom. The van der Waals surface area contributed by atoms with Crippen molar-refractivity contribution in [2.75, 3.05) is 12.6 Å². The van der Waals surface area contributed by atoms with Crippen LogP contribution in [0.15, 0.2) is 0 Å². The molecule has 176 valence electrons. The van der Waals surface area contributed by atoms with Crippen molar-refractivity contribution >= 4 is 38.9 Å². The summed E-state index contributed by atoms with van der Waals surface area (Å²) in [5, 5.41) is 12.8. The number of aliphatic carboxylic acids is 1. The SMILES string of the molecule is NC(=O)CC[C@H](NCP(=O)(O)O)C(=O)O.NC(=O)[C@@H](N)CCC(=O)NCP(=O)(O)O. The van der Waals surface area contributed by atoms with Gasteiger partial charge in [-0.1, -0.05) is 0 Å². The molecule has 0 aromatic heterocycles. The van der Waals surface area contributed by atoms with Crippen LogP contribution in [-0.4, -0.2) is 73.0 Å². The highest BCUT2D eigenvalue weighted by Crippen LogP contribution is 2.32. The van der Waals surface area contributed by atoms with E-state index >= 15 is 0 Å². The van der Waals surface area contributed by atoms with Gasteiger partial charge in [0.1, 0.15) is 12.3 Å². The fourth-order valence-electron chi connectivity index (χ4n) is 1.54. The highest BCUT2D eigenvalue weighted by molar-refractivity contribution is 7.51. The molecule has 13 N–H and O–H groups in total. The van der Waals surface area contributed by atoms with E-state index in [1.54, 1.807) is 0 Å². The Kier molecular flexibility index (Phi) is 14.3. The molecule has 16 nitrogen and oxygen atoms in total. The zero-order chi connectivity index (χ0) is 24.1. The van der Waals surface area contributed by atoms with Gasteiger partial charge in [0.05, 0.1) is 12.3 Å². The minimum atomic E-state index is -4.30. The first-order valence-corrected chi connectivity index (χ1v) is 11.7. The third-order valence-electron chi connectivity index (χ3n) is 3.05. The summed E-state index contributed by atoms with van der Waals surface area (Å²) in [7, 11) is -8.54. The quantitative estimate of drug-likeness (QED) is 0.114. The first-order valence-electron chi connectivity index (χ1n) is 8.10. The number of primary amides is 2. The third-order valence-corrected chi connectivity index (χ3v) is 4.22. The molecule has 18 heteroatoms. The maximum atomic E-state index is 11.0. The van der Waals surface area contributed by atoms with Crippen molar-refractivity contribution in [2.24, 2.45) is 17.2 Å². The molecule has 0 fully saturated rings. The molecule has 0 aliphatic carbocycles. The molecular weight excluding hydrogens is 452 g/mol. The van der Waals surface area contributed by atoms with Crippen LogP contribution in [0.4, 0.5) is 0 Å². The van der Waals surface area contributed by atoms with E-state index in [0.29, 0.717) is 0 Å². The van der Waals surface area contributed by atoms with Gasteiger partial charge in [0, 0.05) is 12.8 Å². The van der Waals surface area contributed by atoms with Gasteiger partial charge in [-0.3, -0.25) is 33.6 Å². The summed E-state index contributed by atoms with van der Waals surface area (Å²) >= 11 is 0. The number of carboxylic acid groups (broad SMARTS) is 1. The fraction of sp³-hybridized carbons (Fsp3) is 0.667. The average molecular weight is 479 g/mol. The minimum absolute atomic E-state index is 0.0440. The van der Waals surface area contributed by atoms with Crippen LogP contribution in [0, 0.1) is 0 Å². The van der Waals surface area contributed by atoms with Crippen LogP contribution < -0.4 is 27.8 Å². The van der Waals surface area contributed by atoms with E-state index in [4.69, 9.17) is 41.9 Å². The second-order valence-electron chi connectivity index (χ2n) is 5.89. The topological polar surface area (TPSA) is 306 Å². The normalized spacial score (nSPS) is 13.4. The lowest BCUT2D eigenvalue weighted by Crippen LogP contribution is -2.38. The summed E-state index contributed by atoms with van der Waals surface area (Å²) < 4.78 is 20.8. The van der Waals surface area contributed by atoms with Gasteiger partial charge in [0.15, 0.2) is 0 Å². The molecule has 0 bridgehead atoms. The number of carboxylic acids is 1. The maximum absolute atomic E-state index is 11.0. The van der Waals surface area contributed by atoms with E-state index in [2.05, 4.69) is 5.32 Å². The van der Waals surface area contributed by atoms with Gasteiger partial charge in [-0.05, 0) is 12.8 Å². The highest BCUT2D eigenvalue weighted by atomic mass is 31.2. The van der Waals surface area contributed by atoms with Crippen LogP contribution in [-0.2, 0) is 28.3 Å². The molecule has 0 aromatic rings. The van der Waals surface area contributed by atoms with Gasteiger partial charge in [0.25, 0.3) is 0 Å². The lowest BCUT2D eigenvalue weighted by Gasteiger charge is -2.13. The van der Waals surface area contributed by atoms with E-state index < -0.39 is 63.5 Å². The van der Waals surface area contributed by atoms with Gasteiger partial charge in [-0.25, -0.2) is 0 Å². The molecule has 0 saturated heterocycles. The summed E-state index contributed by atoms with van der Waals surface area (Å²) in [6.45, 7) is 0. The number of hydrogen-bond donors (Lipinski definition) is 10. The van der Waals surface area contributed by atoms with Crippen molar-refractivity contribution in [2.45, 2.75) is 37.8 Å². The molecular formula is C12H27N5O11P2. The van der Waals surface area contributed by atoms with Crippen LogP contribution >= 0.6 is 15.2 Å². The first-order chi connectivity index (χ1) is 13.4. The van der Waals surface area contributed by atoms with E-state index in [-0.39, 0.29) is 25.7 Å². The Balaban J connectivity index is 0. The summed E-state index contributed by atoms with van der Waals surface area (Å²) in [4.78, 5) is 76.2. The number of carbonyl (C=O) groups excluding carboxylic acids is 3. The van der Waals surface area contributed by atoms with Crippen molar-refractivity contribution < 1.29 is 53.0 Å². The molecule has 0 spiro atoms. The Hall–Kier alpha value is -1.90. The van der Waals surface area contributed by atoms with E-state index in [1.165, 1.54) is 0 Å². The van der Waals surface area contributed by atoms with Crippen molar-refractivity contribution in [3.05, 3.63) is 0 Å². The Labute approximate surface area is 170 Å². The van der Waals surface area contributed by atoms with Crippen molar-refractivity contribution in [3.8, 4) is 0 Å². The van der Waals surface area contributed by atoms with Crippen LogP contribution in [0.5, 0.6) is 0 Å². The van der Waals surface area contributed by atoms with E-state index in [0.717, 1.165) is 0 Å². The van der Waals surface area contributed by atoms with Crippen molar-refractivity contribution in [1.29, 1.82) is 0 Å². The molecule has 0 heterocycles. The molecule has 0 unspecified atom stereocenters. The fourth-order valence-corrected chi connectivity index (χ4v) is 2.38. The number of amides is 3. The summed E-state index contributed by atoms with van der Waals surface area (Å²) in [5.41, 5.74) is 14.9. The zero-order valence-corrected chi connectivity index (χ0v) is 17.5. The predicted molar refractivity (Wildman–Crippen MR) is 101 cm³/mol. The van der Waals surface area contributed by atoms with E-state index in [9.17, 15) is 28.3 Å². The Bertz CT molecular complexity index is 692. The average Bonchev–Trinajstić information content (AvgIpc) is 2.56. The third kappa shape index (κ3) is 20.8. The molecule has 0 aliphatic heterocycles. The van der Waals surface area contributed by atoms with Crippen LogP contribution in [0.3, 0.4) is 0 Å². The maximum Gasteiger partial charge on any atom is 0.344 e. The van der Waals surface area contributed by atoms with E-state index in [1.807, 2.05) is 5.32 Å². The van der Waals surface area contributed by atoms with Crippen molar-refractivity contribution in [3.63, 3.8) is 0 Å². The van der Waals surface area contributed by atoms with Gasteiger partial charge >= 0.3 is 21.2 Å². The lowest BCUT2D eigenvalue weighted by molar-refractivity contribution is -0.139. The molecule has 30 heavy (non-hydrogen) atoms. The van der Waals surface area contributed by atoms with Crippen LogP contribution in [0.25, 0.3) is 0 Å². The molecule has 0 aromatic carbocycles. The molecule has 0 radical (unpaired) electrons. The number of hydrogen-bond acceptors (Lipinski definition) is 8. The lowest BCUT2D eigenvalue weighted by atomic mass is 10.1. The van der Waals surface area contributed by atoms with Crippen LogP contribution in [0.2, 0.25) is 0 Å². The highest BCUT2D eigenvalue weighted by Gasteiger charge is 2.22. The second kappa shape index (κ2) is 14.2. The predicted octanol–water partition coefficient (Wildman–Crippen LogP) is -3.74. The largest absolute Gasteiger partial charge is 0.480 e. The van der Waals surface area contributed by atoms with Crippen molar-refractivity contribution in [1.82, 2.24) is 10.6 Å². The monoisotopic (exact) mass is 479 g/mol. The molecule has 3 amide bonds. The second-order valence-corrected chi connectivity index (χ2v) is 9.18. The number of nitrogens with two attached hydrogens (primary N) is 3. The van der Waals surface area contributed by atoms with Gasteiger partial charge in [-0.2, -0.15) is 0 Å². The minimum Gasteiger partial charge on any atom is -0.480 e. The Morgan fingerprint density at radius 2 is 1.37 bits per heavy atom. The number of rotatable bonds is 13. The number of nitrogens with one attached hydrogen (secondary N) is 2. The molecule has 0 rings (SSSR count). The summed E-state index contributed by atoms with van der Waals surface area (Å²) in [5.74, 6) is -3.27. The standard InChI is InChI=1S/C6H14N3O5P.C6H13N2O6P/c7-4(6(8)11)1-2-5(10)9-3-15(12,13)14;7-5(9)2-1-4(6(10)11)8-3-15(12,13)14/h4H,1-3,7H2,(H2,8,11)(H,9,10)(H2,12,13,14);4,8H,1-3H2,(H2,7,9)(H,10,11)(H2,12,13,14)/t2*4-/m00/s1. The molecule has 0 aliphatic rings. The first kappa shape index (κ1) is 30.3. The number of carbonyl (C=O) groups is 4. The molecule has 2 atom stereocenters. The smallest absolute Gasteiger partial charge is 0.344 e.